The molecule has 2 aromatic carbocycles. The molecule has 0 spiro atoms. The number of carbonyl (C=O) groups excluding carboxylic acids is 1. The van der Waals surface area contributed by atoms with Crippen LogP contribution in [0.15, 0.2) is 60.8 Å². The van der Waals surface area contributed by atoms with Crippen LogP contribution in [0.25, 0.3) is 21.8 Å². The van der Waals surface area contributed by atoms with Crippen LogP contribution >= 0.6 is 0 Å². The molecule has 1 fully saturated rings. The molecule has 4 aromatic rings. The van der Waals surface area contributed by atoms with Crippen molar-refractivity contribution in [1.82, 2.24) is 19.8 Å². The highest BCUT2D eigenvalue weighted by Gasteiger charge is 2.24. The zero-order valence-corrected chi connectivity index (χ0v) is 18.4. The maximum atomic E-state index is 13.3. The number of aryl methyl sites for hydroxylation is 1. The number of para-hydroxylation sites is 1. The minimum absolute atomic E-state index is 0.0548. The summed E-state index contributed by atoms with van der Waals surface area (Å²) in [6.07, 6.45) is 1.85. The number of nitrogens with zero attached hydrogens (tertiary/aromatic N) is 4. The fraction of sp³-hybridized carbons (Fsp3) is 0.269. The van der Waals surface area contributed by atoms with E-state index in [4.69, 9.17) is 4.74 Å². The minimum atomic E-state index is 0.0548. The number of aromatic nitrogens is 2. The number of fused-ring (bicyclic) bond motifs is 2. The summed E-state index contributed by atoms with van der Waals surface area (Å²) in [6, 6.07) is 18.1. The lowest BCUT2D eigenvalue weighted by Gasteiger charge is -2.35. The summed E-state index contributed by atoms with van der Waals surface area (Å²) in [5.41, 5.74) is 4.55. The number of ether oxygens (including phenoxy) is 1. The first-order chi connectivity index (χ1) is 15.6. The van der Waals surface area contributed by atoms with Crippen LogP contribution in [0.5, 0.6) is 5.75 Å². The van der Waals surface area contributed by atoms with Gasteiger partial charge < -0.3 is 9.64 Å². The summed E-state index contributed by atoms with van der Waals surface area (Å²) in [6.45, 7) is 5.83. The van der Waals surface area contributed by atoms with Crippen LogP contribution in [0.4, 0.5) is 0 Å². The summed E-state index contributed by atoms with van der Waals surface area (Å²) in [5, 5.41) is 2.11. The first-order valence-corrected chi connectivity index (χ1v) is 10.9. The summed E-state index contributed by atoms with van der Waals surface area (Å²) < 4.78 is 5.29. The van der Waals surface area contributed by atoms with E-state index in [0.717, 1.165) is 52.9 Å². The highest BCUT2D eigenvalue weighted by atomic mass is 16.5. The highest BCUT2D eigenvalue weighted by molar-refractivity contribution is 5.98. The molecule has 2 aromatic heterocycles. The van der Waals surface area contributed by atoms with E-state index in [9.17, 15) is 4.79 Å². The third-order valence-electron chi connectivity index (χ3n) is 6.22. The Morgan fingerprint density at radius 1 is 1.00 bits per heavy atom. The van der Waals surface area contributed by atoms with Gasteiger partial charge in [-0.3, -0.25) is 19.7 Å². The first kappa shape index (κ1) is 20.4. The Morgan fingerprint density at radius 2 is 1.81 bits per heavy atom. The van der Waals surface area contributed by atoms with Crippen LogP contribution < -0.4 is 4.74 Å². The number of pyridine rings is 2. The molecule has 0 radical (unpaired) electrons. The normalized spacial score (nSPS) is 14.8. The number of benzene rings is 2. The molecule has 1 aliphatic rings. The number of hydrogen-bond donors (Lipinski definition) is 0. The third kappa shape index (κ3) is 3.89. The number of carbonyl (C=O) groups is 1. The fourth-order valence-electron chi connectivity index (χ4n) is 4.40. The van der Waals surface area contributed by atoms with Crippen molar-refractivity contribution in [2.75, 3.05) is 33.3 Å². The van der Waals surface area contributed by atoms with Crippen LogP contribution in [-0.2, 0) is 6.54 Å². The van der Waals surface area contributed by atoms with Crippen molar-refractivity contribution < 1.29 is 9.53 Å². The van der Waals surface area contributed by atoms with Crippen molar-refractivity contribution in [2.45, 2.75) is 13.5 Å². The number of amides is 1. The van der Waals surface area contributed by atoms with Crippen molar-refractivity contribution >= 4 is 27.7 Å². The zero-order valence-electron chi connectivity index (χ0n) is 18.4. The van der Waals surface area contributed by atoms with E-state index in [-0.39, 0.29) is 5.91 Å². The Balaban J connectivity index is 1.29. The second-order valence-corrected chi connectivity index (χ2v) is 8.24. The van der Waals surface area contributed by atoms with E-state index in [2.05, 4.69) is 39.1 Å². The molecule has 0 bridgehead atoms. The Kier molecular flexibility index (Phi) is 5.45. The predicted octanol–water partition coefficient (Wildman–Crippen LogP) is 4.06. The molecule has 0 unspecified atom stereocenters. The quantitative estimate of drug-likeness (QED) is 0.493. The SMILES string of the molecule is COc1ccc2cc(C(=O)N3CCN(Cc4cccc5cccnc45)CC3)c(C)nc2c1. The molecule has 1 amide bonds. The second-order valence-electron chi connectivity index (χ2n) is 8.24. The molecule has 162 valence electrons. The largest absolute Gasteiger partial charge is 0.497 e. The van der Waals surface area contributed by atoms with Gasteiger partial charge in [-0.2, -0.15) is 0 Å². The van der Waals surface area contributed by atoms with Crippen LogP contribution in [0.1, 0.15) is 21.6 Å². The van der Waals surface area contributed by atoms with Gasteiger partial charge in [0.2, 0.25) is 0 Å². The molecule has 3 heterocycles. The molecule has 6 nitrogen and oxygen atoms in total. The molecular weight excluding hydrogens is 400 g/mol. The first-order valence-electron chi connectivity index (χ1n) is 10.9. The van der Waals surface area contributed by atoms with Crippen molar-refractivity contribution in [3.05, 3.63) is 77.6 Å². The van der Waals surface area contributed by atoms with E-state index >= 15 is 0 Å². The average molecular weight is 427 g/mol. The summed E-state index contributed by atoms with van der Waals surface area (Å²) in [4.78, 5) is 26.8. The van der Waals surface area contributed by atoms with E-state index in [1.807, 2.05) is 48.4 Å². The van der Waals surface area contributed by atoms with Crippen LogP contribution in [0.2, 0.25) is 0 Å². The Hall–Kier alpha value is -3.51. The molecule has 0 N–H and O–H groups in total. The molecule has 0 aliphatic carbocycles. The maximum Gasteiger partial charge on any atom is 0.255 e. The van der Waals surface area contributed by atoms with Crippen molar-refractivity contribution in [2.24, 2.45) is 0 Å². The molecule has 0 saturated carbocycles. The number of hydrogen-bond acceptors (Lipinski definition) is 5. The van der Waals surface area contributed by atoms with Crippen molar-refractivity contribution in [1.29, 1.82) is 0 Å². The van der Waals surface area contributed by atoms with Crippen molar-refractivity contribution in [3.63, 3.8) is 0 Å². The van der Waals surface area contributed by atoms with Gasteiger partial charge in [0.05, 0.1) is 29.4 Å². The lowest BCUT2D eigenvalue weighted by atomic mass is 10.1. The Bertz CT molecular complexity index is 1290. The Labute approximate surface area is 187 Å². The van der Waals surface area contributed by atoms with Gasteiger partial charge in [-0.05, 0) is 36.8 Å². The zero-order chi connectivity index (χ0) is 22.1. The number of rotatable bonds is 4. The van der Waals surface area contributed by atoms with E-state index < -0.39 is 0 Å². The van der Waals surface area contributed by atoms with Crippen LogP contribution in [0, 0.1) is 6.92 Å². The van der Waals surface area contributed by atoms with E-state index in [0.29, 0.717) is 18.7 Å². The molecule has 1 aliphatic heterocycles. The second kappa shape index (κ2) is 8.55. The maximum absolute atomic E-state index is 13.3. The van der Waals surface area contributed by atoms with Gasteiger partial charge in [-0.15, -0.1) is 0 Å². The van der Waals surface area contributed by atoms with Crippen molar-refractivity contribution in [3.8, 4) is 5.75 Å². The van der Waals surface area contributed by atoms with Crippen LogP contribution in [-0.4, -0.2) is 59.0 Å². The molecular formula is C26H26N4O2. The minimum Gasteiger partial charge on any atom is -0.497 e. The monoisotopic (exact) mass is 426 g/mol. The third-order valence-corrected chi connectivity index (χ3v) is 6.22. The number of methoxy groups -OCH3 is 1. The predicted molar refractivity (Wildman–Crippen MR) is 126 cm³/mol. The van der Waals surface area contributed by atoms with Gasteiger partial charge in [-0.1, -0.05) is 24.3 Å². The van der Waals surface area contributed by atoms with Gasteiger partial charge in [0.25, 0.3) is 5.91 Å². The molecule has 5 rings (SSSR count). The molecule has 32 heavy (non-hydrogen) atoms. The van der Waals surface area contributed by atoms with Gasteiger partial charge in [0.1, 0.15) is 5.75 Å². The average Bonchev–Trinajstić information content (AvgIpc) is 2.83. The van der Waals surface area contributed by atoms with Gasteiger partial charge >= 0.3 is 0 Å². The molecule has 6 heteroatoms. The smallest absolute Gasteiger partial charge is 0.255 e. The lowest BCUT2D eigenvalue weighted by Crippen LogP contribution is -2.48. The summed E-state index contributed by atoms with van der Waals surface area (Å²) in [7, 11) is 1.64. The topological polar surface area (TPSA) is 58.6 Å². The molecule has 1 saturated heterocycles. The highest BCUT2D eigenvalue weighted by Crippen LogP contribution is 2.23. The van der Waals surface area contributed by atoms with Gasteiger partial charge in [0.15, 0.2) is 0 Å². The van der Waals surface area contributed by atoms with E-state index in [1.54, 1.807) is 7.11 Å². The van der Waals surface area contributed by atoms with Crippen LogP contribution in [0.3, 0.4) is 0 Å². The van der Waals surface area contributed by atoms with Gasteiger partial charge in [-0.25, -0.2) is 0 Å². The van der Waals surface area contributed by atoms with Gasteiger partial charge in [0, 0.05) is 55.8 Å². The lowest BCUT2D eigenvalue weighted by molar-refractivity contribution is 0.0628. The van der Waals surface area contributed by atoms with E-state index in [1.165, 1.54) is 5.56 Å². The standard InChI is InChI=1S/C26H26N4O2/c1-18-23(15-20-8-9-22(32-2)16-24(20)28-18)26(31)30-13-11-29(12-14-30)17-21-6-3-5-19-7-4-10-27-25(19)21/h3-10,15-16H,11-14,17H2,1-2H3. The Morgan fingerprint density at radius 3 is 2.62 bits per heavy atom. The number of piperazine rings is 1. The summed E-state index contributed by atoms with van der Waals surface area (Å²) in [5.74, 6) is 0.820. The fourth-order valence-corrected chi connectivity index (χ4v) is 4.40. The summed E-state index contributed by atoms with van der Waals surface area (Å²) >= 11 is 0. The molecule has 0 atom stereocenters.